The van der Waals surface area contributed by atoms with Gasteiger partial charge in [0.05, 0.1) is 11.8 Å². The highest BCUT2D eigenvalue weighted by Gasteiger charge is 2.67. The third kappa shape index (κ3) is 4.02. The number of halogens is 2. The molecule has 2 aliphatic carbocycles. The fraction of sp³-hybridized carbons (Fsp3) is 0.545. The molecular weight excluding hydrogens is 550 g/mol. The number of hydrogen-bond acceptors (Lipinski definition) is 6. The smallest absolute Gasteiger partial charge is 0.329 e. The molecule has 6 nitrogen and oxygen atoms in total. The maximum atomic E-state index is 13.3. The highest BCUT2D eigenvalue weighted by Crippen LogP contribution is 2.60. The van der Waals surface area contributed by atoms with Crippen LogP contribution in [0.25, 0.3) is 0 Å². The number of hydrogen-bond donors (Lipinski definition) is 0. The average molecular weight is 573 g/mol. The van der Waals surface area contributed by atoms with Crippen LogP contribution < -0.4 is 0 Å². The van der Waals surface area contributed by atoms with E-state index >= 15 is 0 Å². The zero-order chi connectivity index (χ0) is 22.3. The van der Waals surface area contributed by atoms with Crippen molar-refractivity contribution >= 4 is 67.2 Å². The van der Waals surface area contributed by atoms with E-state index in [-0.39, 0.29) is 50.9 Å². The summed E-state index contributed by atoms with van der Waals surface area (Å²) >= 11 is 8.87. The standard InChI is InChI=1S/C22H23Br2NO5S/c1-31-8-7-14(22(29)30-10-15(26)11-5-3-2-4-6-11)25-20(27)16-12-9-13(17(16)21(25)28)19(24)18(12)23/h2-6,12-14,16-19H,7-10H2,1H3/t12-,13-,14-,16-,17+,18-,19+/m1/s1. The van der Waals surface area contributed by atoms with Crippen LogP contribution in [0.2, 0.25) is 0 Å². The summed E-state index contributed by atoms with van der Waals surface area (Å²) in [5, 5.41) is 0. The number of amides is 2. The normalized spacial score (nSPS) is 32.3. The highest BCUT2D eigenvalue weighted by atomic mass is 79.9. The number of fused-ring (bicyclic) bond motifs is 5. The Bertz CT molecular complexity index is 865. The Morgan fingerprint density at radius 2 is 1.68 bits per heavy atom. The van der Waals surface area contributed by atoms with E-state index in [1.807, 2.05) is 6.26 Å². The summed E-state index contributed by atoms with van der Waals surface area (Å²) in [4.78, 5) is 53.3. The van der Waals surface area contributed by atoms with Crippen molar-refractivity contribution in [2.45, 2.75) is 28.5 Å². The number of imide groups is 1. The van der Waals surface area contributed by atoms with Crippen molar-refractivity contribution in [3.8, 4) is 0 Å². The van der Waals surface area contributed by atoms with Crippen molar-refractivity contribution in [1.82, 2.24) is 4.90 Å². The summed E-state index contributed by atoms with van der Waals surface area (Å²) in [5.74, 6) is -1.58. The number of esters is 1. The van der Waals surface area contributed by atoms with Crippen molar-refractivity contribution in [2.24, 2.45) is 23.7 Å². The molecule has 0 spiro atoms. The van der Waals surface area contributed by atoms with Crippen LogP contribution in [0.1, 0.15) is 23.2 Å². The van der Waals surface area contributed by atoms with Crippen LogP contribution in [0.3, 0.4) is 0 Å². The van der Waals surface area contributed by atoms with Gasteiger partial charge in [0.2, 0.25) is 11.8 Å². The van der Waals surface area contributed by atoms with E-state index in [9.17, 15) is 19.2 Å². The number of thioether (sulfide) groups is 1. The van der Waals surface area contributed by atoms with Crippen molar-refractivity contribution in [1.29, 1.82) is 0 Å². The van der Waals surface area contributed by atoms with E-state index in [2.05, 4.69) is 31.9 Å². The maximum absolute atomic E-state index is 13.3. The van der Waals surface area contributed by atoms with Gasteiger partial charge in [0.15, 0.2) is 12.4 Å². The van der Waals surface area contributed by atoms with Crippen LogP contribution in [0.15, 0.2) is 30.3 Å². The van der Waals surface area contributed by atoms with Crippen molar-refractivity contribution < 1.29 is 23.9 Å². The summed E-state index contributed by atoms with van der Waals surface area (Å²) in [7, 11) is 0. The molecule has 1 aromatic carbocycles. The molecule has 166 valence electrons. The lowest BCUT2D eigenvalue weighted by molar-refractivity contribution is -0.158. The second-order valence-corrected chi connectivity index (χ2v) is 11.3. The molecular formula is C22H23Br2NO5S. The van der Waals surface area contributed by atoms with Gasteiger partial charge >= 0.3 is 5.97 Å². The quantitative estimate of drug-likeness (QED) is 0.206. The summed E-state index contributed by atoms with van der Waals surface area (Å²) < 4.78 is 5.30. The lowest BCUT2D eigenvalue weighted by Gasteiger charge is -2.28. The van der Waals surface area contributed by atoms with Gasteiger partial charge in [-0.05, 0) is 36.7 Å². The summed E-state index contributed by atoms with van der Waals surface area (Å²) in [6.07, 6.45) is 3.04. The van der Waals surface area contributed by atoms with Gasteiger partial charge in [-0.1, -0.05) is 62.2 Å². The van der Waals surface area contributed by atoms with Crippen LogP contribution in [0, 0.1) is 23.7 Å². The number of ketones is 1. The monoisotopic (exact) mass is 571 g/mol. The first-order valence-electron chi connectivity index (χ1n) is 10.3. The Morgan fingerprint density at radius 3 is 2.23 bits per heavy atom. The van der Waals surface area contributed by atoms with Crippen LogP contribution in [0.4, 0.5) is 0 Å². The molecule has 0 N–H and O–H groups in total. The zero-order valence-electron chi connectivity index (χ0n) is 16.9. The molecule has 9 heteroatoms. The molecule has 7 atom stereocenters. The lowest BCUT2D eigenvalue weighted by Crippen LogP contribution is -2.47. The topological polar surface area (TPSA) is 80.8 Å². The molecule has 4 rings (SSSR count). The number of carbonyl (C=O) groups excluding carboxylic acids is 4. The Labute approximate surface area is 202 Å². The molecule has 31 heavy (non-hydrogen) atoms. The summed E-state index contributed by atoms with van der Waals surface area (Å²) in [6.45, 7) is -0.417. The minimum absolute atomic E-state index is 0.0812. The third-order valence-corrected chi connectivity index (χ3v) is 10.5. The van der Waals surface area contributed by atoms with Crippen molar-refractivity contribution in [2.75, 3.05) is 18.6 Å². The van der Waals surface area contributed by atoms with E-state index in [0.29, 0.717) is 17.7 Å². The fourth-order valence-electron chi connectivity index (χ4n) is 5.20. The average Bonchev–Trinajstić information content (AvgIpc) is 3.38. The predicted octanol–water partition coefficient (Wildman–Crippen LogP) is 3.31. The van der Waals surface area contributed by atoms with Gasteiger partial charge in [-0.3, -0.25) is 19.3 Å². The van der Waals surface area contributed by atoms with Gasteiger partial charge in [0.25, 0.3) is 0 Å². The van der Waals surface area contributed by atoms with E-state index in [1.165, 1.54) is 11.8 Å². The van der Waals surface area contributed by atoms with Crippen molar-refractivity contribution in [3.63, 3.8) is 0 Å². The second-order valence-electron chi connectivity index (χ2n) is 8.24. The molecule has 0 radical (unpaired) electrons. The first-order valence-corrected chi connectivity index (χ1v) is 13.5. The molecule has 2 amide bonds. The van der Waals surface area contributed by atoms with Gasteiger partial charge < -0.3 is 4.74 Å². The van der Waals surface area contributed by atoms with E-state index in [4.69, 9.17) is 4.74 Å². The number of rotatable bonds is 8. The van der Waals surface area contributed by atoms with E-state index in [1.54, 1.807) is 30.3 Å². The molecule has 3 aliphatic rings. The molecule has 0 unspecified atom stereocenters. The van der Waals surface area contributed by atoms with Gasteiger partial charge in [0, 0.05) is 15.2 Å². The first kappa shape index (κ1) is 23.0. The number of likely N-dealkylation sites (tertiary alicyclic amines) is 1. The fourth-order valence-corrected chi connectivity index (χ4v) is 7.53. The largest absolute Gasteiger partial charge is 0.456 e. The molecule has 3 fully saturated rings. The second kappa shape index (κ2) is 9.35. The number of nitrogens with zero attached hydrogens (tertiary/aromatic N) is 1. The van der Waals surface area contributed by atoms with Gasteiger partial charge in [-0.25, -0.2) is 4.79 Å². The number of ether oxygens (including phenoxy) is 1. The molecule has 1 heterocycles. The number of benzene rings is 1. The first-order chi connectivity index (χ1) is 14.9. The number of carbonyl (C=O) groups is 4. The Kier molecular flexibility index (Phi) is 6.93. The molecule has 2 bridgehead atoms. The molecule has 2 saturated carbocycles. The zero-order valence-corrected chi connectivity index (χ0v) is 20.9. The lowest BCUT2D eigenvalue weighted by atomic mass is 9.81. The van der Waals surface area contributed by atoms with Gasteiger partial charge in [0.1, 0.15) is 6.04 Å². The minimum atomic E-state index is -0.997. The molecule has 0 aromatic heterocycles. The van der Waals surface area contributed by atoms with E-state index in [0.717, 1.165) is 11.3 Å². The Morgan fingerprint density at radius 1 is 1.10 bits per heavy atom. The Balaban J connectivity index is 1.50. The van der Waals surface area contributed by atoms with Crippen LogP contribution in [-0.2, 0) is 19.1 Å². The minimum Gasteiger partial charge on any atom is -0.456 e. The summed E-state index contributed by atoms with van der Waals surface area (Å²) in [5.41, 5.74) is 0.446. The molecule has 1 aliphatic heterocycles. The summed E-state index contributed by atoms with van der Waals surface area (Å²) in [6, 6.07) is 7.57. The van der Waals surface area contributed by atoms with Crippen molar-refractivity contribution in [3.05, 3.63) is 35.9 Å². The third-order valence-electron chi connectivity index (χ3n) is 6.64. The van der Waals surface area contributed by atoms with Gasteiger partial charge in [-0.2, -0.15) is 11.8 Å². The predicted molar refractivity (Wildman–Crippen MR) is 124 cm³/mol. The highest BCUT2D eigenvalue weighted by molar-refractivity contribution is 9.12. The number of alkyl halides is 2. The maximum Gasteiger partial charge on any atom is 0.329 e. The van der Waals surface area contributed by atoms with Crippen LogP contribution in [0.5, 0.6) is 0 Å². The van der Waals surface area contributed by atoms with Crippen LogP contribution in [-0.4, -0.2) is 62.8 Å². The number of Topliss-reactive ketones (excluding diaryl/α,β-unsaturated/α-hetero) is 1. The SMILES string of the molecule is CSCC[C@H](C(=O)OCC(=O)c1ccccc1)N1C(=O)[C@@H]2[C@H]3C[C@@H]([C@H](Br)[C@@H]3Br)[C@@H]2C1=O. The Hall–Kier alpha value is -1.19. The molecule has 1 saturated heterocycles. The van der Waals surface area contributed by atoms with Crippen LogP contribution >= 0.6 is 43.6 Å². The van der Waals surface area contributed by atoms with E-state index < -0.39 is 18.6 Å². The van der Waals surface area contributed by atoms with Gasteiger partial charge in [-0.15, -0.1) is 0 Å². The molecule has 1 aromatic rings.